The molecule has 0 radical (unpaired) electrons. The third-order valence-corrected chi connectivity index (χ3v) is 7.96. The summed E-state index contributed by atoms with van der Waals surface area (Å²) in [5.41, 5.74) is 8.23. The fraction of sp³-hybridized carbons (Fsp3) is 0.0526. The highest BCUT2D eigenvalue weighted by atomic mass is 15.0. The van der Waals surface area contributed by atoms with Crippen LogP contribution < -0.4 is 0 Å². The van der Waals surface area contributed by atoms with Crippen LogP contribution in [0, 0.1) is 47.8 Å². The van der Waals surface area contributed by atoms with Crippen molar-refractivity contribution < 1.29 is 0 Å². The summed E-state index contributed by atoms with van der Waals surface area (Å²) in [6.07, 6.45) is 0. The van der Waals surface area contributed by atoms with Gasteiger partial charge in [-0.05, 0) is 78.6 Å². The summed E-state index contributed by atoms with van der Waals surface area (Å²) in [6.45, 7) is 3.66. The van der Waals surface area contributed by atoms with Gasteiger partial charge in [-0.15, -0.1) is 0 Å². The molecule has 0 amide bonds. The van der Waals surface area contributed by atoms with Crippen molar-refractivity contribution in [2.45, 2.75) is 13.8 Å². The predicted molar refractivity (Wildman–Crippen MR) is 174 cm³/mol. The molecule has 0 spiro atoms. The van der Waals surface area contributed by atoms with E-state index in [4.69, 9.17) is 0 Å². The van der Waals surface area contributed by atoms with Crippen molar-refractivity contribution in [2.75, 3.05) is 0 Å². The van der Waals surface area contributed by atoms with E-state index in [1.807, 2.05) is 86.6 Å². The number of hydrogen-bond donors (Lipinski definition) is 0. The number of fused-ring (bicyclic) bond motifs is 3. The second kappa shape index (κ2) is 10.9. The van der Waals surface area contributed by atoms with E-state index in [1.54, 1.807) is 6.07 Å². The molecule has 7 heteroatoms. The predicted octanol–water partition coefficient (Wildman–Crippen LogP) is 8.20. The molecule has 0 aliphatic rings. The Balaban J connectivity index is 1.58. The second-order valence-electron chi connectivity index (χ2n) is 10.7. The molecule has 2 aromatic heterocycles. The van der Waals surface area contributed by atoms with Gasteiger partial charge in [-0.25, -0.2) is 15.0 Å². The van der Waals surface area contributed by atoms with Gasteiger partial charge in [0.25, 0.3) is 0 Å². The van der Waals surface area contributed by atoms with Gasteiger partial charge >= 0.3 is 0 Å². The van der Waals surface area contributed by atoms with Gasteiger partial charge in [-0.2, -0.15) is 15.8 Å². The highest BCUT2D eigenvalue weighted by molar-refractivity contribution is 6.11. The largest absolute Gasteiger partial charge is 0.308 e. The Morgan fingerprint density at radius 3 is 1.51 bits per heavy atom. The quantitative estimate of drug-likeness (QED) is 0.208. The van der Waals surface area contributed by atoms with E-state index in [0.29, 0.717) is 39.9 Å². The minimum atomic E-state index is 0.478. The number of aryl methyl sites for hydroxylation is 2. The van der Waals surface area contributed by atoms with Crippen molar-refractivity contribution in [3.63, 3.8) is 0 Å². The summed E-state index contributed by atoms with van der Waals surface area (Å²) in [5.74, 6) is 1.75. The standard InChI is InChI=1S/C38H23N7/c1-23-42-24(2)44-38(43-23)27-11-12-30(22-41)35(19-27)45-36-17-25(31-9-5-3-7-28(31)20-39)13-15-33(36)34-16-14-26(18-37(34)45)32-10-6-4-8-29(32)21-40/h3-19H,1-2H3. The molecule has 7 nitrogen and oxygen atoms in total. The SMILES string of the molecule is Cc1nc(C)nc(-c2ccc(C#N)c(-n3c4cc(-c5ccccc5C#N)ccc4c4ccc(-c5ccccc5C#N)cc43)c2)n1. The lowest BCUT2D eigenvalue weighted by molar-refractivity contribution is 0.928. The van der Waals surface area contributed by atoms with E-state index >= 15 is 0 Å². The Hall–Kier alpha value is -6.62. The third-order valence-electron chi connectivity index (χ3n) is 7.96. The maximum absolute atomic E-state index is 10.3. The first-order chi connectivity index (χ1) is 22.0. The molecule has 0 saturated heterocycles. The van der Waals surface area contributed by atoms with Crippen LogP contribution in [-0.4, -0.2) is 19.5 Å². The highest BCUT2D eigenvalue weighted by Gasteiger charge is 2.19. The van der Waals surface area contributed by atoms with Crippen LogP contribution in [-0.2, 0) is 0 Å². The molecule has 7 rings (SSSR count). The average molecular weight is 578 g/mol. The van der Waals surface area contributed by atoms with Gasteiger partial charge in [0.05, 0.1) is 45.5 Å². The third kappa shape index (κ3) is 4.64. The minimum absolute atomic E-state index is 0.478. The van der Waals surface area contributed by atoms with Crippen LogP contribution >= 0.6 is 0 Å². The Labute approximate surface area is 259 Å². The Bertz CT molecular complexity index is 2310. The van der Waals surface area contributed by atoms with Crippen molar-refractivity contribution in [3.8, 4) is 57.5 Å². The van der Waals surface area contributed by atoms with Crippen molar-refractivity contribution in [2.24, 2.45) is 0 Å². The zero-order valence-corrected chi connectivity index (χ0v) is 24.4. The maximum atomic E-state index is 10.3. The van der Waals surface area contributed by atoms with E-state index in [-0.39, 0.29) is 0 Å². The van der Waals surface area contributed by atoms with Gasteiger partial charge < -0.3 is 4.57 Å². The summed E-state index contributed by atoms with van der Waals surface area (Å²) in [4.78, 5) is 13.5. The minimum Gasteiger partial charge on any atom is -0.308 e. The van der Waals surface area contributed by atoms with Gasteiger partial charge in [-0.3, -0.25) is 0 Å². The zero-order chi connectivity index (χ0) is 31.1. The number of nitrogens with zero attached hydrogens (tertiary/aromatic N) is 7. The first kappa shape index (κ1) is 27.2. The Kier molecular flexibility index (Phi) is 6.59. The summed E-state index contributed by atoms with van der Waals surface area (Å²) >= 11 is 0. The van der Waals surface area contributed by atoms with Gasteiger partial charge in [-0.1, -0.05) is 60.7 Å². The topological polar surface area (TPSA) is 115 Å². The molecule has 0 fully saturated rings. The lowest BCUT2D eigenvalue weighted by Crippen LogP contribution is -2.02. The molecule has 2 heterocycles. The Morgan fingerprint density at radius 1 is 0.511 bits per heavy atom. The summed E-state index contributed by atoms with van der Waals surface area (Å²) in [7, 11) is 0. The molecule has 0 aliphatic carbocycles. The van der Waals surface area contributed by atoms with Gasteiger partial charge in [0, 0.05) is 16.3 Å². The van der Waals surface area contributed by atoms with Gasteiger partial charge in [0.1, 0.15) is 17.7 Å². The molecule has 7 aromatic rings. The van der Waals surface area contributed by atoms with E-state index in [9.17, 15) is 15.8 Å². The van der Waals surface area contributed by atoms with Gasteiger partial charge in [0.15, 0.2) is 5.82 Å². The fourth-order valence-corrected chi connectivity index (χ4v) is 5.97. The first-order valence-corrected chi connectivity index (χ1v) is 14.3. The maximum Gasteiger partial charge on any atom is 0.163 e. The number of hydrogen-bond acceptors (Lipinski definition) is 6. The Morgan fingerprint density at radius 2 is 1.00 bits per heavy atom. The summed E-state index contributed by atoms with van der Waals surface area (Å²) in [6, 6.07) is 40.0. The molecule has 0 N–H and O–H groups in total. The monoisotopic (exact) mass is 577 g/mol. The van der Waals surface area contributed by atoms with Crippen LogP contribution in [0.15, 0.2) is 103 Å². The first-order valence-electron chi connectivity index (χ1n) is 14.3. The summed E-state index contributed by atoms with van der Waals surface area (Å²) < 4.78 is 2.09. The van der Waals surface area contributed by atoms with Crippen molar-refractivity contribution in [1.29, 1.82) is 15.8 Å². The van der Waals surface area contributed by atoms with Crippen molar-refractivity contribution in [1.82, 2.24) is 19.5 Å². The number of aromatic nitrogens is 4. The molecule has 0 aliphatic heterocycles. The summed E-state index contributed by atoms with van der Waals surface area (Å²) in [5, 5.41) is 32.0. The zero-order valence-electron chi connectivity index (χ0n) is 24.4. The molecule has 45 heavy (non-hydrogen) atoms. The van der Waals surface area contributed by atoms with Crippen LogP contribution in [0.1, 0.15) is 28.3 Å². The molecule has 5 aromatic carbocycles. The van der Waals surface area contributed by atoms with Crippen molar-refractivity contribution in [3.05, 3.63) is 131 Å². The van der Waals surface area contributed by atoms with Gasteiger partial charge in [0.2, 0.25) is 0 Å². The average Bonchev–Trinajstić information content (AvgIpc) is 3.40. The molecule has 0 bridgehead atoms. The fourth-order valence-electron chi connectivity index (χ4n) is 5.97. The lowest BCUT2D eigenvalue weighted by Gasteiger charge is -2.14. The normalized spacial score (nSPS) is 10.8. The van der Waals surface area contributed by atoms with Crippen LogP contribution in [0.3, 0.4) is 0 Å². The van der Waals surface area contributed by atoms with Crippen LogP contribution in [0.4, 0.5) is 0 Å². The van der Waals surface area contributed by atoms with Crippen molar-refractivity contribution >= 4 is 21.8 Å². The number of benzene rings is 5. The van der Waals surface area contributed by atoms with E-state index in [0.717, 1.165) is 49.6 Å². The van der Waals surface area contributed by atoms with E-state index < -0.39 is 0 Å². The highest BCUT2D eigenvalue weighted by Crippen LogP contribution is 2.39. The van der Waals surface area contributed by atoms with Crippen LogP contribution in [0.25, 0.3) is 61.1 Å². The number of rotatable bonds is 4. The molecular formula is C38H23N7. The van der Waals surface area contributed by atoms with E-state index in [1.165, 1.54) is 0 Å². The smallest absolute Gasteiger partial charge is 0.163 e. The lowest BCUT2D eigenvalue weighted by atomic mass is 9.98. The molecule has 0 atom stereocenters. The molecule has 0 unspecified atom stereocenters. The molecular weight excluding hydrogens is 554 g/mol. The molecule has 0 saturated carbocycles. The van der Waals surface area contributed by atoms with Crippen LogP contribution in [0.2, 0.25) is 0 Å². The van der Waals surface area contributed by atoms with E-state index in [2.05, 4.69) is 62.0 Å². The van der Waals surface area contributed by atoms with Crippen LogP contribution in [0.5, 0.6) is 0 Å². The second-order valence-corrected chi connectivity index (χ2v) is 10.7. The molecule has 210 valence electrons. The number of nitriles is 3.